The molecule has 1 heterocycles. The Labute approximate surface area is 177 Å². The smallest absolute Gasteiger partial charge is 0.241 e. The van der Waals surface area contributed by atoms with Crippen molar-refractivity contribution in [3.05, 3.63) is 71.4 Å². The fourth-order valence-electron chi connectivity index (χ4n) is 4.02. The molecule has 2 N–H and O–H groups in total. The minimum Gasteiger partial charge on any atom is -0.493 e. The van der Waals surface area contributed by atoms with Gasteiger partial charge in [0.2, 0.25) is 10.0 Å². The van der Waals surface area contributed by atoms with E-state index in [2.05, 4.69) is 28.8 Å². The van der Waals surface area contributed by atoms with Crippen LogP contribution in [0.15, 0.2) is 59.5 Å². The Bertz CT molecular complexity index is 1320. The van der Waals surface area contributed by atoms with Gasteiger partial charge in [-0.25, -0.2) is 13.1 Å². The van der Waals surface area contributed by atoms with E-state index in [-0.39, 0.29) is 4.90 Å². The molecule has 0 unspecified atom stereocenters. The number of ether oxygens (including phenoxy) is 1. The normalized spacial score (nSPS) is 12.0. The molecule has 0 fully saturated rings. The lowest BCUT2D eigenvalue weighted by Crippen LogP contribution is -2.26. The van der Waals surface area contributed by atoms with Crippen molar-refractivity contribution in [2.45, 2.75) is 32.1 Å². The Morgan fingerprint density at radius 1 is 0.933 bits per heavy atom. The van der Waals surface area contributed by atoms with Gasteiger partial charge in [0.05, 0.1) is 11.5 Å². The van der Waals surface area contributed by atoms with Crippen molar-refractivity contribution < 1.29 is 13.2 Å². The highest BCUT2D eigenvalue weighted by Crippen LogP contribution is 2.31. The zero-order valence-corrected chi connectivity index (χ0v) is 18.3. The summed E-state index contributed by atoms with van der Waals surface area (Å²) in [5.41, 5.74) is 4.52. The third-order valence-corrected chi connectivity index (χ3v) is 6.98. The number of H-pyrrole nitrogens is 1. The highest BCUT2D eigenvalue weighted by atomic mass is 32.2. The van der Waals surface area contributed by atoms with Gasteiger partial charge in [-0.3, -0.25) is 0 Å². The van der Waals surface area contributed by atoms with Crippen LogP contribution in [-0.4, -0.2) is 26.6 Å². The molecule has 1 aromatic heterocycles. The molecule has 0 aliphatic rings. The first-order chi connectivity index (χ1) is 14.4. The van der Waals surface area contributed by atoms with Crippen molar-refractivity contribution in [3.8, 4) is 5.75 Å². The van der Waals surface area contributed by atoms with Gasteiger partial charge in [-0.15, -0.1) is 0 Å². The number of benzene rings is 3. The lowest BCUT2D eigenvalue weighted by molar-refractivity contribution is 0.344. The molecule has 4 aromatic rings. The predicted octanol–water partition coefficient (Wildman–Crippen LogP) is 4.86. The lowest BCUT2D eigenvalue weighted by Gasteiger charge is -2.13. The van der Waals surface area contributed by atoms with Crippen molar-refractivity contribution in [2.24, 2.45) is 0 Å². The third-order valence-electron chi connectivity index (χ3n) is 5.46. The van der Waals surface area contributed by atoms with Crippen molar-refractivity contribution in [1.29, 1.82) is 0 Å². The quantitative estimate of drug-likeness (QED) is 0.447. The Balaban J connectivity index is 1.60. The molecule has 4 rings (SSSR count). The maximum atomic E-state index is 13.1. The summed E-state index contributed by atoms with van der Waals surface area (Å²) in [5, 5.41) is 2.61. The van der Waals surface area contributed by atoms with Crippen LogP contribution in [0.5, 0.6) is 5.75 Å². The van der Waals surface area contributed by atoms with Crippen LogP contribution >= 0.6 is 0 Å². The van der Waals surface area contributed by atoms with Crippen LogP contribution in [0.3, 0.4) is 0 Å². The maximum Gasteiger partial charge on any atom is 0.241 e. The molecule has 6 heteroatoms. The van der Waals surface area contributed by atoms with Gasteiger partial charge in [0.25, 0.3) is 0 Å². The maximum absolute atomic E-state index is 13.1. The minimum absolute atomic E-state index is 0.271. The molecule has 0 amide bonds. The van der Waals surface area contributed by atoms with Crippen molar-refractivity contribution in [3.63, 3.8) is 0 Å². The number of para-hydroxylation sites is 1. The van der Waals surface area contributed by atoms with Gasteiger partial charge in [-0.2, -0.15) is 0 Å². The number of aryl methyl sites for hydroxylation is 2. The number of rotatable bonds is 7. The molecule has 0 bridgehead atoms. The first-order valence-corrected chi connectivity index (χ1v) is 11.6. The summed E-state index contributed by atoms with van der Waals surface area (Å²) in [7, 11) is -3.66. The Morgan fingerprint density at radius 2 is 1.67 bits per heavy atom. The van der Waals surface area contributed by atoms with Gasteiger partial charge >= 0.3 is 0 Å². The summed E-state index contributed by atoms with van der Waals surface area (Å²) in [6.45, 7) is 6.86. The largest absolute Gasteiger partial charge is 0.493 e. The number of hydrogen-bond acceptors (Lipinski definition) is 3. The summed E-state index contributed by atoms with van der Waals surface area (Å²) in [6, 6.07) is 17.0. The molecule has 0 aliphatic carbocycles. The average molecular weight is 423 g/mol. The second kappa shape index (κ2) is 8.13. The highest BCUT2D eigenvalue weighted by molar-refractivity contribution is 7.89. The molecule has 0 radical (unpaired) electrons. The number of fused-ring (bicyclic) bond motifs is 2. The average Bonchev–Trinajstić information content (AvgIpc) is 3.05. The van der Waals surface area contributed by atoms with E-state index in [4.69, 9.17) is 4.74 Å². The molecule has 30 heavy (non-hydrogen) atoms. The van der Waals surface area contributed by atoms with Crippen LogP contribution in [-0.2, 0) is 16.4 Å². The molecule has 0 atom stereocenters. The van der Waals surface area contributed by atoms with Gasteiger partial charge in [-0.05, 0) is 50.5 Å². The first-order valence-electron chi connectivity index (χ1n) is 10.1. The number of aromatic nitrogens is 1. The minimum atomic E-state index is -3.66. The van der Waals surface area contributed by atoms with E-state index in [1.165, 1.54) is 5.56 Å². The molecule has 5 nitrogen and oxygen atoms in total. The summed E-state index contributed by atoms with van der Waals surface area (Å²) < 4.78 is 34.6. The van der Waals surface area contributed by atoms with Gasteiger partial charge in [0.1, 0.15) is 5.75 Å². The van der Waals surface area contributed by atoms with Crippen LogP contribution in [0.25, 0.3) is 21.7 Å². The molecule has 3 aromatic carbocycles. The van der Waals surface area contributed by atoms with Crippen LogP contribution in [0.1, 0.15) is 23.7 Å². The standard InChI is InChI=1S/C24H26N2O3S/c1-4-29-22-12-13-23(20-10-6-5-9-19(20)22)30(27,28)25-15-14-18-17(3)26-24-16(2)8-7-11-21(18)24/h5-13,25-26H,4,14-15H2,1-3H3. The fraction of sp³-hybridized carbons (Fsp3) is 0.250. The van der Waals surface area contributed by atoms with Crippen molar-refractivity contribution >= 4 is 31.7 Å². The Morgan fingerprint density at radius 3 is 2.43 bits per heavy atom. The van der Waals surface area contributed by atoms with E-state index in [0.717, 1.165) is 27.5 Å². The van der Waals surface area contributed by atoms with E-state index in [1.54, 1.807) is 12.1 Å². The molecule has 0 spiro atoms. The zero-order valence-electron chi connectivity index (χ0n) is 17.5. The van der Waals surface area contributed by atoms with Gasteiger partial charge in [-0.1, -0.05) is 42.5 Å². The van der Waals surface area contributed by atoms with Crippen LogP contribution in [0.2, 0.25) is 0 Å². The number of nitrogens with one attached hydrogen (secondary N) is 2. The third kappa shape index (κ3) is 3.68. The molecule has 0 saturated heterocycles. The topological polar surface area (TPSA) is 71.2 Å². The molecule has 0 saturated carbocycles. The summed E-state index contributed by atoms with van der Waals surface area (Å²) in [4.78, 5) is 3.70. The van der Waals surface area contributed by atoms with Gasteiger partial charge < -0.3 is 9.72 Å². The summed E-state index contributed by atoms with van der Waals surface area (Å²) >= 11 is 0. The Hall–Kier alpha value is -2.83. The predicted molar refractivity (Wildman–Crippen MR) is 122 cm³/mol. The fourth-order valence-corrected chi connectivity index (χ4v) is 5.26. The van der Waals surface area contributed by atoms with Crippen LogP contribution in [0.4, 0.5) is 0 Å². The summed E-state index contributed by atoms with van der Waals surface area (Å²) in [6.07, 6.45) is 0.615. The number of hydrogen-bond donors (Lipinski definition) is 2. The Kier molecular flexibility index (Phi) is 5.54. The van der Waals surface area contributed by atoms with E-state index in [9.17, 15) is 8.42 Å². The molecular weight excluding hydrogens is 396 g/mol. The SMILES string of the molecule is CCOc1ccc(S(=O)(=O)NCCc2c(C)[nH]c3c(C)cccc23)c2ccccc12. The second-order valence-electron chi connectivity index (χ2n) is 7.41. The molecular formula is C24H26N2O3S. The highest BCUT2D eigenvalue weighted by Gasteiger charge is 2.19. The number of sulfonamides is 1. The van der Waals surface area contributed by atoms with Crippen LogP contribution in [0, 0.1) is 13.8 Å². The van der Waals surface area contributed by atoms with E-state index >= 15 is 0 Å². The monoisotopic (exact) mass is 422 g/mol. The zero-order chi connectivity index (χ0) is 21.3. The molecule has 156 valence electrons. The van der Waals surface area contributed by atoms with Gasteiger partial charge in [0, 0.05) is 33.9 Å². The molecule has 0 aliphatic heterocycles. The first kappa shape index (κ1) is 20.4. The van der Waals surface area contributed by atoms with Crippen molar-refractivity contribution in [1.82, 2.24) is 9.71 Å². The van der Waals surface area contributed by atoms with Gasteiger partial charge in [0.15, 0.2) is 0 Å². The number of aromatic amines is 1. The van der Waals surface area contributed by atoms with E-state index in [0.29, 0.717) is 30.7 Å². The van der Waals surface area contributed by atoms with E-state index < -0.39 is 10.0 Å². The van der Waals surface area contributed by atoms with Crippen LogP contribution < -0.4 is 9.46 Å². The summed E-state index contributed by atoms with van der Waals surface area (Å²) in [5.74, 6) is 0.692. The van der Waals surface area contributed by atoms with Crippen molar-refractivity contribution in [2.75, 3.05) is 13.2 Å². The lowest BCUT2D eigenvalue weighted by atomic mass is 10.1. The van der Waals surface area contributed by atoms with E-state index in [1.807, 2.05) is 44.2 Å². The second-order valence-corrected chi connectivity index (χ2v) is 9.15.